The second-order valence-electron chi connectivity index (χ2n) is 18.5. The lowest BCUT2D eigenvalue weighted by Gasteiger charge is -2.18. The quantitative estimate of drug-likeness (QED) is 0.0580. The predicted molar refractivity (Wildman–Crippen MR) is 253 cm³/mol. The van der Waals surface area contributed by atoms with Crippen molar-refractivity contribution in [2.75, 3.05) is 0 Å². The Bertz CT molecular complexity index is 829. The SMILES string of the molecule is CCCCCCCCCCCCCCCc1cc(CCCC)cc(CCCCCCCCCCCCCCC)c1CCCCCCCCCCCCCCC. The van der Waals surface area contributed by atoms with Gasteiger partial charge in [-0.2, -0.15) is 0 Å². The van der Waals surface area contributed by atoms with Crippen molar-refractivity contribution in [1.29, 1.82) is 0 Å². The molecule has 0 N–H and O–H groups in total. The zero-order valence-corrected chi connectivity index (χ0v) is 39.0. The molecule has 324 valence electrons. The minimum atomic E-state index is 1.28. The standard InChI is InChI=1S/C55H104/c1-5-9-13-16-19-22-25-28-31-34-37-40-43-47-53-50-52(46-12-8-4)51-54(48-44-41-38-35-32-29-26-23-20-17-14-10-6-2)55(53)49-45-42-39-36-33-30-27-24-21-18-15-11-7-3/h50-51H,5-49H2,1-4H3. The predicted octanol–water partition coefficient (Wildman–Crippen LogP) is 19.9. The maximum Gasteiger partial charge on any atom is -0.0273 e. The van der Waals surface area contributed by atoms with Gasteiger partial charge >= 0.3 is 0 Å². The molecule has 0 heteroatoms. The number of benzene rings is 1. The van der Waals surface area contributed by atoms with Gasteiger partial charge in [-0.3, -0.25) is 0 Å². The van der Waals surface area contributed by atoms with Crippen LogP contribution in [-0.2, 0) is 25.7 Å². The van der Waals surface area contributed by atoms with Crippen LogP contribution in [0.4, 0.5) is 0 Å². The lowest BCUT2D eigenvalue weighted by atomic mass is 9.87. The van der Waals surface area contributed by atoms with Crippen LogP contribution >= 0.6 is 0 Å². The molecule has 0 radical (unpaired) electrons. The molecule has 0 nitrogen and oxygen atoms in total. The van der Waals surface area contributed by atoms with Gasteiger partial charge in [0.25, 0.3) is 0 Å². The first-order valence-electron chi connectivity index (χ1n) is 26.4. The second-order valence-corrected chi connectivity index (χ2v) is 18.5. The Labute approximate surface area is 349 Å². The molecular weight excluding hydrogens is 661 g/mol. The molecule has 0 saturated carbocycles. The first kappa shape index (κ1) is 52.2. The molecule has 55 heavy (non-hydrogen) atoms. The van der Waals surface area contributed by atoms with E-state index in [-0.39, 0.29) is 0 Å². The molecule has 0 saturated heterocycles. The number of aryl methyl sites for hydroxylation is 3. The lowest BCUT2D eigenvalue weighted by molar-refractivity contribution is 0.536. The summed E-state index contributed by atoms with van der Waals surface area (Å²) in [4.78, 5) is 0. The molecule has 0 spiro atoms. The number of hydrogen-bond acceptors (Lipinski definition) is 0. The minimum Gasteiger partial charge on any atom is -0.0654 e. The van der Waals surface area contributed by atoms with E-state index in [9.17, 15) is 0 Å². The van der Waals surface area contributed by atoms with Gasteiger partial charge < -0.3 is 0 Å². The fraction of sp³-hybridized carbons (Fsp3) is 0.891. The van der Waals surface area contributed by atoms with Crippen molar-refractivity contribution in [1.82, 2.24) is 0 Å². The summed E-state index contributed by atoms with van der Waals surface area (Å²) in [5.41, 5.74) is 6.99. The molecule has 0 heterocycles. The van der Waals surface area contributed by atoms with E-state index in [1.54, 1.807) is 22.3 Å². The summed E-state index contributed by atoms with van der Waals surface area (Å²) in [6, 6.07) is 5.39. The number of rotatable bonds is 45. The molecule has 0 aliphatic carbocycles. The van der Waals surface area contributed by atoms with E-state index in [0.717, 1.165) is 0 Å². The van der Waals surface area contributed by atoms with Crippen LogP contribution in [0.2, 0.25) is 0 Å². The van der Waals surface area contributed by atoms with Gasteiger partial charge in [0.2, 0.25) is 0 Å². The van der Waals surface area contributed by atoms with Crippen molar-refractivity contribution in [3.63, 3.8) is 0 Å². The first-order valence-corrected chi connectivity index (χ1v) is 26.4. The van der Waals surface area contributed by atoms with Crippen LogP contribution in [0.25, 0.3) is 0 Å². The van der Waals surface area contributed by atoms with Crippen LogP contribution in [0, 0.1) is 0 Å². The molecule has 1 rings (SSSR count). The summed E-state index contributed by atoms with van der Waals surface area (Å²) in [6.07, 6.45) is 64.4. The van der Waals surface area contributed by atoms with E-state index in [1.807, 2.05) is 0 Å². The largest absolute Gasteiger partial charge is 0.0654 e. The van der Waals surface area contributed by atoms with Crippen molar-refractivity contribution in [3.05, 3.63) is 34.4 Å². The maximum atomic E-state index is 2.70. The van der Waals surface area contributed by atoms with Gasteiger partial charge in [-0.25, -0.2) is 0 Å². The number of hydrogen-bond donors (Lipinski definition) is 0. The Hall–Kier alpha value is -0.780. The zero-order chi connectivity index (χ0) is 39.5. The van der Waals surface area contributed by atoms with Crippen LogP contribution in [0.3, 0.4) is 0 Å². The topological polar surface area (TPSA) is 0 Å². The summed E-state index contributed by atoms with van der Waals surface area (Å²) in [7, 11) is 0. The monoisotopic (exact) mass is 765 g/mol. The Morgan fingerprint density at radius 3 is 0.691 bits per heavy atom. The van der Waals surface area contributed by atoms with Crippen LogP contribution in [0.15, 0.2) is 12.1 Å². The molecule has 0 bridgehead atoms. The van der Waals surface area contributed by atoms with Gasteiger partial charge in [-0.05, 0) is 73.6 Å². The Morgan fingerprint density at radius 1 is 0.218 bits per heavy atom. The maximum absolute atomic E-state index is 2.70. The second kappa shape index (κ2) is 42.8. The van der Waals surface area contributed by atoms with Gasteiger partial charge in [0.1, 0.15) is 0 Å². The van der Waals surface area contributed by atoms with Crippen molar-refractivity contribution < 1.29 is 0 Å². The molecule has 0 fully saturated rings. The van der Waals surface area contributed by atoms with Crippen LogP contribution in [0.1, 0.15) is 313 Å². The van der Waals surface area contributed by atoms with Gasteiger partial charge in [-0.1, -0.05) is 277 Å². The van der Waals surface area contributed by atoms with E-state index in [0.29, 0.717) is 0 Å². The van der Waals surface area contributed by atoms with E-state index < -0.39 is 0 Å². The Morgan fingerprint density at radius 2 is 0.436 bits per heavy atom. The summed E-state index contributed by atoms with van der Waals surface area (Å²) < 4.78 is 0. The average Bonchev–Trinajstić information content (AvgIpc) is 3.19. The molecule has 0 unspecified atom stereocenters. The fourth-order valence-corrected chi connectivity index (χ4v) is 9.15. The summed E-state index contributed by atoms with van der Waals surface area (Å²) in [5.74, 6) is 0. The van der Waals surface area contributed by atoms with Crippen molar-refractivity contribution >= 4 is 0 Å². The van der Waals surface area contributed by atoms with Crippen molar-refractivity contribution in [3.8, 4) is 0 Å². The van der Waals surface area contributed by atoms with Crippen LogP contribution < -0.4 is 0 Å². The van der Waals surface area contributed by atoms with Crippen LogP contribution in [0.5, 0.6) is 0 Å². The van der Waals surface area contributed by atoms with E-state index in [4.69, 9.17) is 0 Å². The van der Waals surface area contributed by atoms with Gasteiger partial charge in [0.05, 0.1) is 0 Å². The summed E-state index contributed by atoms with van der Waals surface area (Å²) in [5, 5.41) is 0. The van der Waals surface area contributed by atoms with Crippen molar-refractivity contribution in [2.45, 2.75) is 317 Å². The molecular formula is C55H104. The highest BCUT2D eigenvalue weighted by Gasteiger charge is 2.12. The number of unbranched alkanes of at least 4 members (excludes halogenated alkanes) is 37. The van der Waals surface area contributed by atoms with Gasteiger partial charge in [-0.15, -0.1) is 0 Å². The Kier molecular flexibility index (Phi) is 40.7. The highest BCUT2D eigenvalue weighted by Crippen LogP contribution is 2.27. The van der Waals surface area contributed by atoms with Crippen molar-refractivity contribution in [2.24, 2.45) is 0 Å². The molecule has 0 aromatic heterocycles. The molecule has 1 aromatic rings. The highest BCUT2D eigenvalue weighted by atomic mass is 14.2. The van der Waals surface area contributed by atoms with Gasteiger partial charge in [0, 0.05) is 0 Å². The normalized spacial score (nSPS) is 11.6. The summed E-state index contributed by atoms with van der Waals surface area (Å²) in [6.45, 7) is 9.34. The molecule has 0 aliphatic heterocycles. The third kappa shape index (κ3) is 33.9. The van der Waals surface area contributed by atoms with E-state index >= 15 is 0 Å². The molecule has 0 amide bonds. The zero-order valence-electron chi connectivity index (χ0n) is 39.0. The minimum absolute atomic E-state index is 1.28. The third-order valence-corrected chi connectivity index (χ3v) is 12.9. The Balaban J connectivity index is 2.59. The average molecular weight is 765 g/mol. The van der Waals surface area contributed by atoms with E-state index in [1.165, 1.54) is 289 Å². The summed E-state index contributed by atoms with van der Waals surface area (Å²) >= 11 is 0. The van der Waals surface area contributed by atoms with E-state index in [2.05, 4.69) is 39.8 Å². The first-order chi connectivity index (χ1) is 27.3. The molecule has 0 atom stereocenters. The smallest absolute Gasteiger partial charge is 0.0273 e. The van der Waals surface area contributed by atoms with Gasteiger partial charge in [0.15, 0.2) is 0 Å². The molecule has 0 aliphatic rings. The lowest BCUT2D eigenvalue weighted by Crippen LogP contribution is -2.05. The third-order valence-electron chi connectivity index (χ3n) is 12.9. The fourth-order valence-electron chi connectivity index (χ4n) is 9.15. The highest BCUT2D eigenvalue weighted by molar-refractivity contribution is 5.40. The van der Waals surface area contributed by atoms with Crippen LogP contribution in [-0.4, -0.2) is 0 Å². The molecule has 1 aromatic carbocycles.